The third-order valence-corrected chi connectivity index (χ3v) is 3.12. The van der Waals surface area contributed by atoms with E-state index in [1.807, 2.05) is 13.8 Å². The standard InChI is InChI=1S/C11H21N3OS/c1-5-8(6-2)13-11-9(15-7(3)4)10(12)14-16-11/h7-8,13H,5-6H2,1-4H3,(H2,12,14). The second kappa shape index (κ2) is 5.94. The van der Waals surface area contributed by atoms with E-state index >= 15 is 0 Å². The largest absolute Gasteiger partial charge is 0.484 e. The third kappa shape index (κ3) is 3.27. The SMILES string of the molecule is CCC(CC)Nc1snc(N)c1OC(C)C. The van der Waals surface area contributed by atoms with Gasteiger partial charge in [-0.25, -0.2) is 0 Å². The van der Waals surface area contributed by atoms with Crippen LogP contribution in [0.4, 0.5) is 10.8 Å². The Balaban J connectivity index is 2.79. The molecule has 0 aromatic carbocycles. The summed E-state index contributed by atoms with van der Waals surface area (Å²) in [5, 5.41) is 4.37. The van der Waals surface area contributed by atoms with E-state index in [4.69, 9.17) is 10.5 Å². The van der Waals surface area contributed by atoms with Gasteiger partial charge in [0.2, 0.25) is 0 Å². The molecule has 0 radical (unpaired) electrons. The Kier molecular flexibility index (Phi) is 4.86. The number of hydrogen-bond donors (Lipinski definition) is 2. The van der Waals surface area contributed by atoms with Gasteiger partial charge in [-0.1, -0.05) is 13.8 Å². The molecule has 0 aliphatic heterocycles. The lowest BCUT2D eigenvalue weighted by Gasteiger charge is -2.17. The lowest BCUT2D eigenvalue weighted by Crippen LogP contribution is -2.17. The minimum atomic E-state index is 0.112. The Morgan fingerprint density at radius 3 is 2.50 bits per heavy atom. The maximum absolute atomic E-state index is 5.78. The van der Waals surface area contributed by atoms with Crippen LogP contribution in [-0.2, 0) is 0 Å². The number of rotatable bonds is 6. The molecule has 0 bridgehead atoms. The molecule has 0 atom stereocenters. The number of nitrogens with zero attached hydrogens (tertiary/aromatic N) is 1. The smallest absolute Gasteiger partial charge is 0.197 e. The van der Waals surface area contributed by atoms with Crippen molar-refractivity contribution in [3.05, 3.63) is 0 Å². The zero-order valence-electron chi connectivity index (χ0n) is 10.4. The maximum Gasteiger partial charge on any atom is 0.197 e. The molecule has 0 saturated carbocycles. The van der Waals surface area contributed by atoms with E-state index in [1.54, 1.807) is 0 Å². The first kappa shape index (κ1) is 13.1. The van der Waals surface area contributed by atoms with Crippen LogP contribution in [0, 0.1) is 0 Å². The second-order valence-corrected chi connectivity index (χ2v) is 4.82. The van der Waals surface area contributed by atoms with Gasteiger partial charge in [0, 0.05) is 6.04 Å². The molecule has 0 aliphatic carbocycles. The van der Waals surface area contributed by atoms with Gasteiger partial charge in [0.25, 0.3) is 0 Å². The fourth-order valence-electron chi connectivity index (χ4n) is 1.41. The summed E-state index contributed by atoms with van der Waals surface area (Å²) in [4.78, 5) is 0. The highest BCUT2D eigenvalue weighted by Crippen LogP contribution is 2.36. The molecule has 1 rings (SSSR count). The van der Waals surface area contributed by atoms with E-state index in [1.165, 1.54) is 11.5 Å². The van der Waals surface area contributed by atoms with E-state index < -0.39 is 0 Å². The highest BCUT2D eigenvalue weighted by atomic mass is 32.1. The highest BCUT2D eigenvalue weighted by Gasteiger charge is 2.16. The van der Waals surface area contributed by atoms with Crippen molar-refractivity contribution in [3.63, 3.8) is 0 Å². The van der Waals surface area contributed by atoms with Crippen LogP contribution in [0.2, 0.25) is 0 Å². The maximum atomic E-state index is 5.78. The fraction of sp³-hybridized carbons (Fsp3) is 0.727. The number of aromatic nitrogens is 1. The van der Waals surface area contributed by atoms with Crippen molar-refractivity contribution in [3.8, 4) is 5.75 Å². The van der Waals surface area contributed by atoms with Gasteiger partial charge < -0.3 is 15.8 Å². The van der Waals surface area contributed by atoms with Crippen molar-refractivity contribution < 1.29 is 4.74 Å². The predicted octanol–water partition coefficient (Wildman–Crippen LogP) is 3.11. The molecular weight excluding hydrogens is 222 g/mol. The number of nitrogens with one attached hydrogen (secondary N) is 1. The molecule has 0 aliphatic rings. The molecule has 3 N–H and O–H groups in total. The Morgan fingerprint density at radius 1 is 1.38 bits per heavy atom. The molecule has 1 aromatic rings. The molecule has 0 fully saturated rings. The van der Waals surface area contributed by atoms with Gasteiger partial charge in [-0.15, -0.1) is 0 Å². The van der Waals surface area contributed by atoms with Crippen molar-refractivity contribution in [2.45, 2.75) is 52.7 Å². The molecule has 1 aromatic heterocycles. The molecule has 0 amide bonds. The molecule has 4 nitrogen and oxygen atoms in total. The summed E-state index contributed by atoms with van der Waals surface area (Å²) in [6.45, 7) is 8.29. The average molecular weight is 243 g/mol. The molecule has 16 heavy (non-hydrogen) atoms. The van der Waals surface area contributed by atoms with Gasteiger partial charge in [0.1, 0.15) is 0 Å². The first-order chi connectivity index (χ1) is 7.58. The Morgan fingerprint density at radius 2 is 2.00 bits per heavy atom. The summed E-state index contributed by atoms with van der Waals surface area (Å²) in [6.07, 6.45) is 2.27. The van der Waals surface area contributed by atoms with Crippen LogP contribution in [0.15, 0.2) is 0 Å². The zero-order valence-corrected chi connectivity index (χ0v) is 11.2. The third-order valence-electron chi connectivity index (χ3n) is 2.35. The minimum Gasteiger partial charge on any atom is -0.484 e. The first-order valence-electron chi connectivity index (χ1n) is 5.76. The van der Waals surface area contributed by atoms with E-state index in [-0.39, 0.29) is 6.10 Å². The Labute approximate surface area is 101 Å². The predicted molar refractivity (Wildman–Crippen MR) is 70.3 cm³/mol. The van der Waals surface area contributed by atoms with Crippen LogP contribution in [0.5, 0.6) is 5.75 Å². The normalized spacial score (nSPS) is 11.1. The summed E-state index contributed by atoms with van der Waals surface area (Å²) in [7, 11) is 0. The van der Waals surface area contributed by atoms with Crippen LogP contribution in [-0.4, -0.2) is 16.5 Å². The van der Waals surface area contributed by atoms with E-state index in [0.29, 0.717) is 17.6 Å². The van der Waals surface area contributed by atoms with Gasteiger partial charge >= 0.3 is 0 Å². The van der Waals surface area contributed by atoms with Crippen LogP contribution in [0.3, 0.4) is 0 Å². The number of ether oxygens (including phenoxy) is 1. The van der Waals surface area contributed by atoms with Crippen molar-refractivity contribution in [2.24, 2.45) is 0 Å². The monoisotopic (exact) mass is 243 g/mol. The van der Waals surface area contributed by atoms with Gasteiger partial charge in [-0.3, -0.25) is 0 Å². The van der Waals surface area contributed by atoms with Crippen LogP contribution < -0.4 is 15.8 Å². The van der Waals surface area contributed by atoms with Crippen molar-refractivity contribution in [1.82, 2.24) is 4.37 Å². The number of anilines is 2. The first-order valence-corrected chi connectivity index (χ1v) is 6.54. The molecule has 0 saturated heterocycles. The molecule has 0 unspecified atom stereocenters. The average Bonchev–Trinajstić information content (AvgIpc) is 2.57. The summed E-state index contributed by atoms with van der Waals surface area (Å²) in [5.41, 5.74) is 5.78. The molecule has 0 spiro atoms. The molecule has 1 heterocycles. The molecule has 92 valence electrons. The van der Waals surface area contributed by atoms with Crippen LogP contribution >= 0.6 is 11.5 Å². The van der Waals surface area contributed by atoms with Crippen molar-refractivity contribution in [2.75, 3.05) is 11.1 Å². The van der Waals surface area contributed by atoms with Crippen molar-refractivity contribution >= 4 is 22.4 Å². The van der Waals surface area contributed by atoms with Gasteiger partial charge in [-0.05, 0) is 38.2 Å². The zero-order chi connectivity index (χ0) is 12.1. The Bertz CT molecular complexity index is 321. The van der Waals surface area contributed by atoms with Crippen molar-refractivity contribution in [1.29, 1.82) is 0 Å². The summed E-state index contributed by atoms with van der Waals surface area (Å²) in [5.74, 6) is 1.18. The topological polar surface area (TPSA) is 60.2 Å². The lowest BCUT2D eigenvalue weighted by molar-refractivity contribution is 0.245. The van der Waals surface area contributed by atoms with Gasteiger partial charge in [0.05, 0.1) is 6.10 Å². The number of hydrogen-bond acceptors (Lipinski definition) is 5. The summed E-state index contributed by atoms with van der Waals surface area (Å²) < 4.78 is 9.79. The Hall–Kier alpha value is -0.970. The van der Waals surface area contributed by atoms with Crippen LogP contribution in [0.25, 0.3) is 0 Å². The molecule has 5 heteroatoms. The van der Waals surface area contributed by atoms with Crippen LogP contribution in [0.1, 0.15) is 40.5 Å². The molecular formula is C11H21N3OS. The quantitative estimate of drug-likeness (QED) is 0.806. The fourth-order valence-corrected chi connectivity index (χ4v) is 2.14. The minimum absolute atomic E-state index is 0.112. The van der Waals surface area contributed by atoms with E-state index in [2.05, 4.69) is 23.5 Å². The van der Waals surface area contributed by atoms with Gasteiger partial charge in [-0.2, -0.15) is 4.37 Å². The van der Waals surface area contributed by atoms with Gasteiger partial charge in [0.15, 0.2) is 16.6 Å². The highest BCUT2D eigenvalue weighted by molar-refractivity contribution is 7.11. The second-order valence-electron chi connectivity index (χ2n) is 4.05. The van der Waals surface area contributed by atoms with E-state index in [9.17, 15) is 0 Å². The number of nitrogens with two attached hydrogens (primary N) is 1. The summed E-state index contributed by atoms with van der Waals surface area (Å²) >= 11 is 1.37. The summed E-state index contributed by atoms with van der Waals surface area (Å²) in [6, 6.07) is 0.453. The number of nitrogen functional groups attached to an aromatic ring is 1. The lowest BCUT2D eigenvalue weighted by atomic mass is 10.2. The van der Waals surface area contributed by atoms with E-state index in [0.717, 1.165) is 17.8 Å².